The average molecular weight is 210 g/mol. The molecule has 1 aliphatic heterocycles. The summed E-state index contributed by atoms with van der Waals surface area (Å²) in [6.45, 7) is 2.03. The van der Waals surface area contributed by atoms with Gasteiger partial charge in [-0.05, 0) is 19.1 Å². The molecule has 0 aliphatic carbocycles. The Hall–Kier alpha value is -0.710. The summed E-state index contributed by atoms with van der Waals surface area (Å²) in [5, 5.41) is 0. The van der Waals surface area contributed by atoms with Gasteiger partial charge in [-0.1, -0.05) is 12.1 Å². The van der Waals surface area contributed by atoms with Crippen LogP contribution in [-0.2, 0) is 0 Å². The normalized spacial score (nSPS) is 22.3. The van der Waals surface area contributed by atoms with Crippen molar-refractivity contribution in [1.29, 1.82) is 0 Å². The van der Waals surface area contributed by atoms with Crippen LogP contribution < -0.4 is 16.0 Å². The number of hydrogen-bond donors (Lipinski definition) is 2. The number of thioether (sulfide) groups is 1. The van der Waals surface area contributed by atoms with E-state index in [2.05, 4.69) is 11.5 Å². The average Bonchev–Trinajstić information content (AvgIpc) is 2.27. The van der Waals surface area contributed by atoms with Crippen molar-refractivity contribution in [2.75, 3.05) is 5.75 Å². The van der Waals surface area contributed by atoms with Crippen molar-refractivity contribution in [3.8, 4) is 5.75 Å². The number of rotatable bonds is 2. The molecule has 4 heteroatoms. The first kappa shape index (κ1) is 9.83. The molecule has 0 fully saturated rings. The number of nitrogens with one attached hydrogen (secondary N) is 1. The van der Waals surface area contributed by atoms with Crippen LogP contribution in [0.3, 0.4) is 0 Å². The first-order chi connectivity index (χ1) is 6.81. The Labute approximate surface area is 88.0 Å². The molecule has 0 spiro atoms. The fraction of sp³-hybridized carbons (Fsp3) is 0.400. The molecule has 0 aromatic heterocycles. The maximum Gasteiger partial charge on any atom is 0.133 e. The smallest absolute Gasteiger partial charge is 0.133 e. The number of hydrazine groups is 1. The lowest BCUT2D eigenvalue weighted by molar-refractivity contribution is 0.174. The molecule has 1 heterocycles. The van der Waals surface area contributed by atoms with Crippen molar-refractivity contribution in [3.63, 3.8) is 0 Å². The summed E-state index contributed by atoms with van der Waals surface area (Å²) in [5.74, 6) is 7.30. The second-order valence-electron chi connectivity index (χ2n) is 3.37. The molecule has 1 aromatic rings. The fourth-order valence-corrected chi connectivity index (χ4v) is 2.52. The lowest BCUT2D eigenvalue weighted by atomic mass is 10.2. The molecule has 0 radical (unpaired) electrons. The van der Waals surface area contributed by atoms with Gasteiger partial charge >= 0.3 is 0 Å². The minimum atomic E-state index is 0.153. The number of para-hydroxylation sites is 1. The van der Waals surface area contributed by atoms with Crippen LogP contribution in [-0.4, -0.2) is 17.9 Å². The standard InChI is InChI=1S/C10H14N2OS/c1-7(12-11)9-6-14-10-5-3-2-4-8(10)13-9/h2-5,7,9,12H,6,11H2,1H3. The Morgan fingerprint density at radius 2 is 2.36 bits per heavy atom. The highest BCUT2D eigenvalue weighted by Crippen LogP contribution is 2.35. The Morgan fingerprint density at radius 1 is 1.57 bits per heavy atom. The molecule has 0 saturated carbocycles. The summed E-state index contributed by atoms with van der Waals surface area (Å²) in [7, 11) is 0. The third-order valence-electron chi connectivity index (χ3n) is 2.35. The van der Waals surface area contributed by atoms with Gasteiger partial charge in [0.2, 0.25) is 0 Å². The predicted molar refractivity (Wildman–Crippen MR) is 58.4 cm³/mol. The highest BCUT2D eigenvalue weighted by atomic mass is 32.2. The number of nitrogens with two attached hydrogens (primary N) is 1. The van der Waals surface area contributed by atoms with Gasteiger partial charge in [0.1, 0.15) is 11.9 Å². The molecule has 2 atom stereocenters. The number of ether oxygens (including phenoxy) is 1. The molecule has 3 nitrogen and oxygen atoms in total. The van der Waals surface area contributed by atoms with E-state index in [-0.39, 0.29) is 12.1 Å². The first-order valence-corrected chi connectivity index (χ1v) is 5.64. The highest BCUT2D eigenvalue weighted by molar-refractivity contribution is 7.99. The third-order valence-corrected chi connectivity index (χ3v) is 3.49. The monoisotopic (exact) mass is 210 g/mol. The molecule has 76 valence electrons. The van der Waals surface area contributed by atoms with E-state index in [0.717, 1.165) is 11.5 Å². The highest BCUT2D eigenvalue weighted by Gasteiger charge is 2.24. The number of hydrogen-bond acceptors (Lipinski definition) is 4. The van der Waals surface area contributed by atoms with Crippen LogP contribution in [0.25, 0.3) is 0 Å². The molecule has 2 rings (SSSR count). The fourth-order valence-electron chi connectivity index (χ4n) is 1.39. The largest absolute Gasteiger partial charge is 0.487 e. The van der Waals surface area contributed by atoms with Crippen molar-refractivity contribution < 1.29 is 4.74 Å². The minimum Gasteiger partial charge on any atom is -0.487 e. The molecule has 14 heavy (non-hydrogen) atoms. The summed E-state index contributed by atoms with van der Waals surface area (Å²) in [6, 6.07) is 8.27. The summed E-state index contributed by atoms with van der Waals surface area (Å²) in [5.41, 5.74) is 2.73. The van der Waals surface area contributed by atoms with Gasteiger partial charge in [0.15, 0.2) is 0 Å². The van der Waals surface area contributed by atoms with Gasteiger partial charge in [-0.3, -0.25) is 11.3 Å². The van der Waals surface area contributed by atoms with Crippen LogP contribution in [0.5, 0.6) is 5.75 Å². The van der Waals surface area contributed by atoms with Gasteiger partial charge < -0.3 is 4.74 Å². The second-order valence-corrected chi connectivity index (χ2v) is 4.43. The van der Waals surface area contributed by atoms with Crippen LogP contribution in [0.2, 0.25) is 0 Å². The molecule has 1 aliphatic rings. The van der Waals surface area contributed by atoms with E-state index in [0.29, 0.717) is 0 Å². The van der Waals surface area contributed by atoms with Crippen LogP contribution in [0, 0.1) is 0 Å². The Bertz CT molecular complexity index is 319. The van der Waals surface area contributed by atoms with E-state index in [1.807, 2.05) is 36.9 Å². The van der Waals surface area contributed by atoms with E-state index < -0.39 is 0 Å². The third kappa shape index (κ3) is 1.87. The molecule has 3 N–H and O–H groups in total. The van der Waals surface area contributed by atoms with Crippen LogP contribution >= 0.6 is 11.8 Å². The van der Waals surface area contributed by atoms with Crippen LogP contribution in [0.1, 0.15) is 6.92 Å². The SMILES string of the molecule is CC(NN)C1CSc2ccccc2O1. The first-order valence-electron chi connectivity index (χ1n) is 4.66. The maximum absolute atomic E-state index is 5.82. The lowest BCUT2D eigenvalue weighted by Crippen LogP contribution is -2.46. The Balaban J connectivity index is 2.13. The number of fused-ring (bicyclic) bond motifs is 1. The summed E-state index contributed by atoms with van der Waals surface area (Å²) >= 11 is 1.82. The Kier molecular flexibility index (Phi) is 2.96. The van der Waals surface area contributed by atoms with Crippen LogP contribution in [0.15, 0.2) is 29.2 Å². The summed E-state index contributed by atoms with van der Waals surface area (Å²) < 4.78 is 5.82. The van der Waals surface area contributed by atoms with E-state index in [4.69, 9.17) is 10.6 Å². The zero-order chi connectivity index (χ0) is 9.97. The van der Waals surface area contributed by atoms with Gasteiger partial charge in [-0.15, -0.1) is 11.8 Å². The predicted octanol–water partition coefficient (Wildman–Crippen LogP) is 1.39. The van der Waals surface area contributed by atoms with Crippen molar-refractivity contribution in [3.05, 3.63) is 24.3 Å². The molecular formula is C10H14N2OS. The maximum atomic E-state index is 5.82. The molecular weight excluding hydrogens is 196 g/mol. The zero-order valence-electron chi connectivity index (χ0n) is 8.07. The van der Waals surface area contributed by atoms with Crippen molar-refractivity contribution in [2.45, 2.75) is 24.0 Å². The number of benzene rings is 1. The van der Waals surface area contributed by atoms with Gasteiger partial charge in [0.05, 0.1) is 6.04 Å². The molecule has 2 unspecified atom stereocenters. The van der Waals surface area contributed by atoms with E-state index in [9.17, 15) is 0 Å². The summed E-state index contributed by atoms with van der Waals surface area (Å²) in [4.78, 5) is 1.22. The topological polar surface area (TPSA) is 47.3 Å². The van der Waals surface area contributed by atoms with Gasteiger partial charge in [0.25, 0.3) is 0 Å². The minimum absolute atomic E-state index is 0.153. The molecule has 1 aromatic carbocycles. The molecule has 0 bridgehead atoms. The van der Waals surface area contributed by atoms with Crippen molar-refractivity contribution in [2.24, 2.45) is 5.84 Å². The van der Waals surface area contributed by atoms with E-state index in [1.54, 1.807) is 0 Å². The lowest BCUT2D eigenvalue weighted by Gasteiger charge is -2.29. The molecule has 0 saturated heterocycles. The molecule has 0 amide bonds. The van der Waals surface area contributed by atoms with Gasteiger partial charge in [-0.25, -0.2) is 0 Å². The zero-order valence-corrected chi connectivity index (χ0v) is 8.88. The quantitative estimate of drug-likeness (QED) is 0.572. The van der Waals surface area contributed by atoms with Gasteiger partial charge in [0, 0.05) is 10.6 Å². The Morgan fingerprint density at radius 3 is 3.14 bits per heavy atom. The summed E-state index contributed by atoms with van der Waals surface area (Å²) in [6.07, 6.45) is 0.153. The van der Waals surface area contributed by atoms with Gasteiger partial charge in [-0.2, -0.15) is 0 Å². The van der Waals surface area contributed by atoms with E-state index >= 15 is 0 Å². The van der Waals surface area contributed by atoms with Crippen LogP contribution in [0.4, 0.5) is 0 Å². The van der Waals surface area contributed by atoms with Crippen molar-refractivity contribution >= 4 is 11.8 Å². The van der Waals surface area contributed by atoms with E-state index in [1.165, 1.54) is 4.90 Å². The van der Waals surface area contributed by atoms with Crippen molar-refractivity contribution in [1.82, 2.24) is 5.43 Å². The second kappa shape index (κ2) is 4.21.